The lowest BCUT2D eigenvalue weighted by Gasteiger charge is -2.10. The zero-order valence-corrected chi connectivity index (χ0v) is 10.1. The van der Waals surface area contributed by atoms with Gasteiger partial charge in [0.1, 0.15) is 10.8 Å². The van der Waals surface area contributed by atoms with Crippen molar-refractivity contribution in [3.05, 3.63) is 25.9 Å². The second-order valence-electron chi connectivity index (χ2n) is 2.71. The maximum atomic E-state index is 11.2. The normalized spacial score (nSPS) is 10.8. The quantitative estimate of drug-likeness (QED) is 0.472. The van der Waals surface area contributed by atoms with Gasteiger partial charge in [0.15, 0.2) is 5.96 Å². The minimum absolute atomic E-state index is 0. The maximum absolute atomic E-state index is 11.2. The molecule has 1 heterocycles. The topological polar surface area (TPSA) is 105 Å². The largest absolute Gasteiger partial charge is 0.370 e. The summed E-state index contributed by atoms with van der Waals surface area (Å²) in [4.78, 5) is 28.0. The minimum atomic E-state index is -0.675. The van der Waals surface area contributed by atoms with Gasteiger partial charge in [0.05, 0.1) is 0 Å². The van der Waals surface area contributed by atoms with Crippen molar-refractivity contribution in [2.24, 2.45) is 17.8 Å². The molecule has 0 saturated heterocycles. The monoisotopic (exact) mass is 267 g/mol. The van der Waals surface area contributed by atoms with Gasteiger partial charge in [-0.25, -0.2) is 4.79 Å². The predicted molar refractivity (Wildman–Crippen MR) is 65.7 cm³/mol. The van der Waals surface area contributed by atoms with Gasteiger partial charge in [0.25, 0.3) is 5.56 Å². The Morgan fingerprint density at radius 3 is 2.62 bits per heavy atom. The van der Waals surface area contributed by atoms with Crippen LogP contribution in [-0.4, -0.2) is 22.6 Å². The van der Waals surface area contributed by atoms with Crippen molar-refractivity contribution in [1.29, 1.82) is 0 Å². The summed E-state index contributed by atoms with van der Waals surface area (Å²) >= 11 is 5.69. The molecule has 90 valence electrons. The number of aromatic amines is 1. The summed E-state index contributed by atoms with van der Waals surface area (Å²) in [6, 6.07) is 0. The standard InChI is InChI=1S/C7H10ClN5O2.ClH/c1-10-6(9)11-4-3(8)5(14)12-7(15)13(4)2;/h1-2H3,(H3,9,10,11)(H,12,14,15);1H. The molecule has 0 amide bonds. The molecule has 0 aliphatic heterocycles. The molecule has 0 aliphatic carbocycles. The molecule has 1 aromatic rings. The Morgan fingerprint density at radius 2 is 2.12 bits per heavy atom. The first-order valence-electron chi connectivity index (χ1n) is 3.95. The molecule has 0 unspecified atom stereocenters. The summed E-state index contributed by atoms with van der Waals surface area (Å²) in [5.74, 6) is 0.158. The number of halogens is 2. The SMILES string of the molecule is CN=C(N)Nc1c(Cl)c(=O)[nH]c(=O)n1C.Cl. The molecule has 16 heavy (non-hydrogen) atoms. The number of aliphatic imine (C=N–C) groups is 1. The summed E-state index contributed by atoms with van der Waals surface area (Å²) in [5.41, 5.74) is 4.13. The van der Waals surface area contributed by atoms with E-state index in [4.69, 9.17) is 17.3 Å². The highest BCUT2D eigenvalue weighted by Gasteiger charge is 2.10. The molecule has 0 fully saturated rings. The molecule has 4 N–H and O–H groups in total. The molecule has 0 radical (unpaired) electrons. The summed E-state index contributed by atoms with van der Waals surface area (Å²) in [6.07, 6.45) is 0. The third-order valence-electron chi connectivity index (χ3n) is 1.76. The smallest absolute Gasteiger partial charge is 0.329 e. The van der Waals surface area contributed by atoms with Crippen LogP contribution in [0, 0.1) is 0 Å². The molecule has 0 aromatic carbocycles. The first-order valence-corrected chi connectivity index (χ1v) is 4.33. The van der Waals surface area contributed by atoms with Gasteiger partial charge in [0, 0.05) is 14.1 Å². The van der Waals surface area contributed by atoms with Gasteiger partial charge in [-0.15, -0.1) is 12.4 Å². The van der Waals surface area contributed by atoms with Crippen LogP contribution in [0.2, 0.25) is 5.02 Å². The van der Waals surface area contributed by atoms with Crippen LogP contribution < -0.4 is 22.3 Å². The first kappa shape index (κ1) is 14.5. The third-order valence-corrected chi connectivity index (χ3v) is 2.11. The Bertz CT molecular complexity index is 484. The van der Waals surface area contributed by atoms with Crippen molar-refractivity contribution < 1.29 is 0 Å². The van der Waals surface area contributed by atoms with Crippen LogP contribution in [0.5, 0.6) is 0 Å². The molecule has 9 heteroatoms. The van der Waals surface area contributed by atoms with Crippen molar-refractivity contribution in [3.63, 3.8) is 0 Å². The first-order chi connectivity index (χ1) is 6.97. The molecule has 1 aromatic heterocycles. The molecule has 0 saturated carbocycles. The molecule has 0 aliphatic rings. The summed E-state index contributed by atoms with van der Waals surface area (Å²) < 4.78 is 1.13. The lowest BCUT2D eigenvalue weighted by atomic mass is 10.5. The zero-order valence-electron chi connectivity index (χ0n) is 8.57. The average Bonchev–Trinajstić information content (AvgIpc) is 2.21. The van der Waals surface area contributed by atoms with Crippen molar-refractivity contribution in [3.8, 4) is 0 Å². The van der Waals surface area contributed by atoms with Crippen LogP contribution in [0.4, 0.5) is 5.82 Å². The number of hydrogen-bond donors (Lipinski definition) is 3. The van der Waals surface area contributed by atoms with E-state index in [1.807, 2.05) is 4.98 Å². The van der Waals surface area contributed by atoms with Gasteiger partial charge in [-0.05, 0) is 0 Å². The van der Waals surface area contributed by atoms with Crippen molar-refractivity contribution in [1.82, 2.24) is 9.55 Å². The van der Waals surface area contributed by atoms with Gasteiger partial charge in [-0.1, -0.05) is 11.6 Å². The molecule has 1 rings (SSSR count). The van der Waals surface area contributed by atoms with E-state index in [0.717, 1.165) is 4.57 Å². The molecular formula is C7H11Cl2N5O2. The number of nitrogens with one attached hydrogen (secondary N) is 2. The fourth-order valence-electron chi connectivity index (χ4n) is 0.908. The van der Waals surface area contributed by atoms with Crippen LogP contribution in [0.1, 0.15) is 0 Å². The third kappa shape index (κ3) is 2.77. The van der Waals surface area contributed by atoms with Crippen molar-refractivity contribution >= 4 is 35.8 Å². The van der Waals surface area contributed by atoms with Crippen molar-refractivity contribution in [2.75, 3.05) is 12.4 Å². The van der Waals surface area contributed by atoms with Crippen LogP contribution in [0.15, 0.2) is 14.6 Å². The highest BCUT2D eigenvalue weighted by molar-refractivity contribution is 6.33. The van der Waals surface area contributed by atoms with E-state index in [2.05, 4.69) is 10.3 Å². The van der Waals surface area contributed by atoms with Gasteiger partial charge < -0.3 is 11.1 Å². The second-order valence-corrected chi connectivity index (χ2v) is 3.09. The molecule has 0 bridgehead atoms. The van der Waals surface area contributed by atoms with Crippen molar-refractivity contribution in [2.45, 2.75) is 0 Å². The summed E-state index contributed by atoms with van der Waals surface area (Å²) in [6.45, 7) is 0. The number of aromatic nitrogens is 2. The van der Waals surface area contributed by atoms with E-state index in [9.17, 15) is 9.59 Å². The minimum Gasteiger partial charge on any atom is -0.370 e. The molecule has 7 nitrogen and oxygen atoms in total. The Hall–Kier alpha value is -1.47. The van der Waals surface area contributed by atoms with E-state index in [-0.39, 0.29) is 29.2 Å². The van der Waals surface area contributed by atoms with Gasteiger partial charge in [-0.2, -0.15) is 0 Å². The summed E-state index contributed by atoms with van der Waals surface area (Å²) in [5, 5.41) is 2.40. The number of rotatable bonds is 1. The van der Waals surface area contributed by atoms with Gasteiger partial charge in [-0.3, -0.25) is 19.3 Å². The average molecular weight is 268 g/mol. The van der Waals surface area contributed by atoms with Crippen LogP contribution >= 0.6 is 24.0 Å². The van der Waals surface area contributed by atoms with Gasteiger partial charge in [0.2, 0.25) is 0 Å². The number of hydrogen-bond acceptors (Lipinski definition) is 3. The van der Waals surface area contributed by atoms with Crippen LogP contribution in [-0.2, 0) is 7.05 Å². The molecule has 0 atom stereocenters. The Kier molecular flexibility index (Phi) is 5.06. The molecular weight excluding hydrogens is 257 g/mol. The number of guanidine groups is 1. The summed E-state index contributed by atoms with van der Waals surface area (Å²) in [7, 11) is 2.90. The van der Waals surface area contributed by atoms with E-state index in [1.165, 1.54) is 14.1 Å². The highest BCUT2D eigenvalue weighted by Crippen LogP contribution is 2.12. The van der Waals surface area contributed by atoms with Gasteiger partial charge >= 0.3 is 5.69 Å². The maximum Gasteiger partial charge on any atom is 0.329 e. The Morgan fingerprint density at radius 1 is 1.56 bits per heavy atom. The van der Waals surface area contributed by atoms with E-state index < -0.39 is 11.2 Å². The fourth-order valence-corrected chi connectivity index (χ4v) is 1.13. The number of anilines is 1. The van der Waals surface area contributed by atoms with E-state index >= 15 is 0 Å². The number of nitrogens with zero attached hydrogens (tertiary/aromatic N) is 2. The zero-order chi connectivity index (χ0) is 11.6. The fraction of sp³-hybridized carbons (Fsp3) is 0.286. The predicted octanol–water partition coefficient (Wildman–Crippen LogP) is -0.495. The second kappa shape index (κ2) is 5.57. The number of nitrogens with two attached hydrogens (primary N) is 1. The lowest BCUT2D eigenvalue weighted by Crippen LogP contribution is -2.34. The lowest BCUT2D eigenvalue weighted by molar-refractivity contribution is 0.811. The number of H-pyrrole nitrogens is 1. The van der Waals surface area contributed by atoms with Crippen LogP contribution in [0.25, 0.3) is 0 Å². The Labute approximate surface area is 102 Å². The van der Waals surface area contributed by atoms with Crippen LogP contribution in [0.3, 0.4) is 0 Å². The molecule has 0 spiro atoms. The Balaban J connectivity index is 0.00000225. The van der Waals surface area contributed by atoms with E-state index in [1.54, 1.807) is 0 Å². The highest BCUT2D eigenvalue weighted by atomic mass is 35.5. The van der Waals surface area contributed by atoms with E-state index in [0.29, 0.717) is 0 Å².